The van der Waals surface area contributed by atoms with Crippen LogP contribution in [0.15, 0.2) is 12.1 Å². The van der Waals surface area contributed by atoms with Crippen LogP contribution >= 0.6 is 0 Å². The Balaban J connectivity index is 2.32. The molecule has 7 nitrogen and oxygen atoms in total. The number of nitrogens with one attached hydrogen (secondary N) is 2. The predicted octanol–water partition coefficient (Wildman–Crippen LogP) is 1.94. The number of amides is 1. The van der Waals surface area contributed by atoms with Gasteiger partial charge in [0.05, 0.1) is 16.7 Å². The van der Waals surface area contributed by atoms with Gasteiger partial charge in [-0.25, -0.2) is 4.39 Å². The van der Waals surface area contributed by atoms with Crippen LogP contribution in [-0.2, 0) is 0 Å². The van der Waals surface area contributed by atoms with E-state index in [1.165, 1.54) is 0 Å². The molecule has 1 saturated carbocycles. The first-order valence-electron chi connectivity index (χ1n) is 6.69. The zero-order chi connectivity index (χ0) is 15.6. The molecule has 8 heteroatoms. The minimum atomic E-state index is -0.880. The van der Waals surface area contributed by atoms with Crippen molar-refractivity contribution in [3.05, 3.63) is 33.6 Å². The summed E-state index contributed by atoms with van der Waals surface area (Å²) in [5, 5.41) is 13.8. The van der Waals surface area contributed by atoms with Crippen molar-refractivity contribution in [2.24, 2.45) is 11.8 Å². The van der Waals surface area contributed by atoms with Crippen molar-refractivity contribution < 1.29 is 14.1 Å². The molecule has 1 amide bonds. The number of halogens is 1. The summed E-state index contributed by atoms with van der Waals surface area (Å²) in [6.45, 7) is 2.02. The van der Waals surface area contributed by atoms with Gasteiger partial charge in [0.25, 0.3) is 11.6 Å². The predicted molar refractivity (Wildman–Crippen MR) is 75.1 cm³/mol. The molecule has 2 rings (SSSR count). The van der Waals surface area contributed by atoms with Crippen molar-refractivity contribution in [2.75, 3.05) is 5.43 Å². The first kappa shape index (κ1) is 15.2. The summed E-state index contributed by atoms with van der Waals surface area (Å²) in [5.41, 5.74) is 1.14. The molecule has 0 bridgehead atoms. The molecule has 2 unspecified atom stereocenters. The topological polar surface area (TPSA) is 110 Å². The zero-order valence-corrected chi connectivity index (χ0v) is 11.6. The first-order valence-corrected chi connectivity index (χ1v) is 6.69. The highest BCUT2D eigenvalue weighted by atomic mass is 19.1. The van der Waals surface area contributed by atoms with E-state index in [0.717, 1.165) is 25.3 Å². The van der Waals surface area contributed by atoms with Gasteiger partial charge >= 0.3 is 0 Å². The lowest BCUT2D eigenvalue weighted by atomic mass is 10.1. The second-order valence-corrected chi connectivity index (χ2v) is 5.24. The smallest absolute Gasteiger partial charge is 0.285 e. The number of benzene rings is 1. The molecular formula is C13H17FN4O3. The third-order valence-electron chi connectivity index (χ3n) is 3.86. The molecule has 4 N–H and O–H groups in total. The Hall–Kier alpha value is -2.22. The molecule has 1 aromatic rings. The van der Waals surface area contributed by atoms with E-state index in [0.29, 0.717) is 12.0 Å². The maximum atomic E-state index is 13.5. The Morgan fingerprint density at radius 3 is 2.71 bits per heavy atom. The van der Waals surface area contributed by atoms with Crippen molar-refractivity contribution in [1.82, 2.24) is 5.32 Å². The van der Waals surface area contributed by atoms with Gasteiger partial charge in [-0.1, -0.05) is 13.3 Å². The Bertz CT molecular complexity index is 579. The van der Waals surface area contributed by atoms with Gasteiger partial charge in [-0.2, -0.15) is 0 Å². The second kappa shape index (κ2) is 6.04. The Kier molecular flexibility index (Phi) is 4.37. The van der Waals surface area contributed by atoms with Crippen LogP contribution in [0.5, 0.6) is 0 Å². The third kappa shape index (κ3) is 3.10. The number of anilines is 1. The fraction of sp³-hybridized carbons (Fsp3) is 0.462. The van der Waals surface area contributed by atoms with Gasteiger partial charge < -0.3 is 10.7 Å². The van der Waals surface area contributed by atoms with Crippen molar-refractivity contribution >= 4 is 17.3 Å². The Morgan fingerprint density at radius 2 is 2.19 bits per heavy atom. The minimum Gasteiger partial charge on any atom is -0.349 e. The molecule has 0 aliphatic heterocycles. The molecule has 0 heterocycles. The summed E-state index contributed by atoms with van der Waals surface area (Å²) in [7, 11) is 0. The quantitative estimate of drug-likeness (QED) is 0.447. The summed E-state index contributed by atoms with van der Waals surface area (Å²) in [4.78, 5) is 22.4. The van der Waals surface area contributed by atoms with Gasteiger partial charge in [-0.15, -0.1) is 0 Å². The molecular weight excluding hydrogens is 279 g/mol. The number of hydrogen-bond donors (Lipinski definition) is 3. The first-order chi connectivity index (χ1) is 9.93. The molecule has 0 aromatic heterocycles. The molecule has 2 atom stereocenters. The van der Waals surface area contributed by atoms with Crippen molar-refractivity contribution in [1.29, 1.82) is 0 Å². The van der Waals surface area contributed by atoms with E-state index >= 15 is 0 Å². The van der Waals surface area contributed by atoms with E-state index in [4.69, 9.17) is 5.84 Å². The number of hydrazine groups is 1. The highest BCUT2D eigenvalue weighted by Crippen LogP contribution is 2.28. The van der Waals surface area contributed by atoms with E-state index in [9.17, 15) is 19.3 Å². The van der Waals surface area contributed by atoms with Crippen molar-refractivity contribution in [3.63, 3.8) is 0 Å². The van der Waals surface area contributed by atoms with Crippen molar-refractivity contribution in [2.45, 2.75) is 32.2 Å². The maximum Gasteiger partial charge on any atom is 0.285 e. The van der Waals surface area contributed by atoms with Crippen LogP contribution in [0.2, 0.25) is 0 Å². The van der Waals surface area contributed by atoms with Gasteiger partial charge in [-0.3, -0.25) is 20.8 Å². The highest BCUT2D eigenvalue weighted by molar-refractivity contribution is 5.99. The molecule has 0 radical (unpaired) electrons. The molecule has 114 valence electrons. The number of nitrogen functional groups attached to an aromatic ring is 1. The zero-order valence-electron chi connectivity index (χ0n) is 11.6. The lowest BCUT2D eigenvalue weighted by Gasteiger charge is -2.17. The van der Waals surface area contributed by atoms with Crippen LogP contribution in [0.4, 0.5) is 15.8 Å². The van der Waals surface area contributed by atoms with Gasteiger partial charge in [0, 0.05) is 6.04 Å². The third-order valence-corrected chi connectivity index (χ3v) is 3.86. The van der Waals surface area contributed by atoms with Crippen LogP contribution in [0.25, 0.3) is 0 Å². The average Bonchev–Trinajstić information content (AvgIpc) is 2.83. The van der Waals surface area contributed by atoms with Crippen LogP contribution < -0.4 is 16.6 Å². The molecule has 1 fully saturated rings. The summed E-state index contributed by atoms with van der Waals surface area (Å²) in [6, 6.07) is 1.74. The monoisotopic (exact) mass is 296 g/mol. The molecule has 0 saturated heterocycles. The fourth-order valence-electron chi connectivity index (χ4n) is 2.61. The van der Waals surface area contributed by atoms with Gasteiger partial charge in [0.15, 0.2) is 5.82 Å². The number of nitro groups is 1. The van der Waals surface area contributed by atoms with Crippen molar-refractivity contribution in [3.8, 4) is 0 Å². The number of nitrogens with two attached hydrogens (primary N) is 1. The lowest BCUT2D eigenvalue weighted by molar-refractivity contribution is -0.385. The fourth-order valence-corrected chi connectivity index (χ4v) is 2.61. The number of carbonyl (C=O) groups excluding carboxylic acids is 1. The van der Waals surface area contributed by atoms with E-state index in [1.807, 2.05) is 6.92 Å². The molecule has 1 aromatic carbocycles. The normalized spacial score (nSPS) is 21.1. The molecule has 1 aliphatic rings. The van der Waals surface area contributed by atoms with E-state index in [1.54, 1.807) is 0 Å². The number of hydrogen-bond acceptors (Lipinski definition) is 5. The number of nitro benzene ring substituents is 1. The molecule has 21 heavy (non-hydrogen) atoms. The Labute approximate surface area is 120 Å². The summed E-state index contributed by atoms with van der Waals surface area (Å²) >= 11 is 0. The van der Waals surface area contributed by atoms with Gasteiger partial charge in [0.1, 0.15) is 5.56 Å². The number of rotatable bonds is 4. The number of nitrogens with zero attached hydrogens (tertiary/aromatic N) is 1. The summed E-state index contributed by atoms with van der Waals surface area (Å²) in [6.07, 6.45) is 2.85. The molecule has 1 aliphatic carbocycles. The standard InChI is InChI=1S/C13H17FN4O3/c1-7-3-2-4-10(7)16-13(19)8-5-11(17-15)9(14)6-12(8)18(20)21/h5-7,10,17H,2-4,15H2,1H3,(H,16,19). The largest absolute Gasteiger partial charge is 0.349 e. The van der Waals surface area contributed by atoms with Crippen LogP contribution in [0.3, 0.4) is 0 Å². The van der Waals surface area contributed by atoms with E-state index in [-0.39, 0.29) is 17.3 Å². The van der Waals surface area contributed by atoms with Gasteiger partial charge in [-0.05, 0) is 24.8 Å². The highest BCUT2D eigenvalue weighted by Gasteiger charge is 2.29. The SMILES string of the molecule is CC1CCCC1NC(=O)c1cc(NN)c(F)cc1[N+](=O)[O-]. The summed E-state index contributed by atoms with van der Waals surface area (Å²) in [5.74, 6) is 3.99. The van der Waals surface area contributed by atoms with Crippen LogP contribution in [-0.4, -0.2) is 16.9 Å². The summed E-state index contributed by atoms with van der Waals surface area (Å²) < 4.78 is 13.5. The minimum absolute atomic E-state index is 0.0172. The van der Waals surface area contributed by atoms with E-state index in [2.05, 4.69) is 10.7 Å². The molecule has 0 spiro atoms. The number of carbonyl (C=O) groups is 1. The van der Waals surface area contributed by atoms with Gasteiger partial charge in [0.2, 0.25) is 0 Å². The van der Waals surface area contributed by atoms with Crippen LogP contribution in [0.1, 0.15) is 36.5 Å². The average molecular weight is 296 g/mol. The van der Waals surface area contributed by atoms with E-state index < -0.39 is 22.3 Å². The maximum absolute atomic E-state index is 13.5. The Morgan fingerprint density at radius 1 is 1.48 bits per heavy atom. The van der Waals surface area contributed by atoms with Crippen LogP contribution in [0, 0.1) is 21.8 Å². The second-order valence-electron chi connectivity index (χ2n) is 5.24. The lowest BCUT2D eigenvalue weighted by Crippen LogP contribution is -2.36.